The number of thioether (sulfide) groups is 1. The van der Waals surface area contributed by atoms with Gasteiger partial charge in [-0.2, -0.15) is 0 Å². The molecule has 1 aliphatic heterocycles. The zero-order valence-corrected chi connectivity index (χ0v) is 12.0. The zero-order valence-electron chi connectivity index (χ0n) is 10.4. The number of hydrogen-bond acceptors (Lipinski definition) is 2. The molecule has 0 N–H and O–H groups in total. The summed E-state index contributed by atoms with van der Waals surface area (Å²) in [5.74, 6) is 0.119. The van der Waals surface area contributed by atoms with E-state index < -0.39 is 0 Å². The highest BCUT2D eigenvalue weighted by atomic mass is 35.5. The molecule has 1 amide bonds. The van der Waals surface area contributed by atoms with Crippen molar-refractivity contribution in [3.05, 3.63) is 64.9 Å². The van der Waals surface area contributed by atoms with Gasteiger partial charge in [0.05, 0.1) is 5.75 Å². The van der Waals surface area contributed by atoms with E-state index in [1.165, 1.54) is 12.1 Å². The maximum atomic E-state index is 13.0. The second kappa shape index (κ2) is 5.46. The highest BCUT2D eigenvalue weighted by Gasteiger charge is 2.34. The van der Waals surface area contributed by atoms with Crippen LogP contribution in [0.1, 0.15) is 10.9 Å². The maximum Gasteiger partial charge on any atom is 0.238 e. The number of carbonyl (C=O) groups excluding carboxylic acids is 1. The van der Waals surface area contributed by atoms with Crippen molar-refractivity contribution in [3.63, 3.8) is 0 Å². The Balaban J connectivity index is 1.98. The molecule has 102 valence electrons. The normalized spacial score (nSPS) is 18.6. The van der Waals surface area contributed by atoms with Crippen LogP contribution in [-0.4, -0.2) is 11.7 Å². The average molecular weight is 308 g/mol. The maximum absolute atomic E-state index is 13.0. The largest absolute Gasteiger partial charge is 0.295 e. The standard InChI is InChI=1S/C15H11ClFNOS/c16-11-3-1-2-10(8-11)15-18(14(19)9-20-15)13-6-4-12(17)5-7-13/h1-8,15H,9H2/t15-/m0/s1. The molecule has 5 heteroatoms. The van der Waals surface area contributed by atoms with Crippen LogP contribution >= 0.6 is 23.4 Å². The molecule has 3 rings (SSSR count). The number of hydrogen-bond donors (Lipinski definition) is 0. The van der Waals surface area contributed by atoms with Crippen molar-refractivity contribution in [1.29, 1.82) is 0 Å². The summed E-state index contributed by atoms with van der Waals surface area (Å²) >= 11 is 7.56. The van der Waals surface area contributed by atoms with Crippen molar-refractivity contribution in [2.24, 2.45) is 0 Å². The molecule has 1 fully saturated rings. The van der Waals surface area contributed by atoms with E-state index in [0.717, 1.165) is 5.56 Å². The van der Waals surface area contributed by atoms with Crippen LogP contribution in [0.3, 0.4) is 0 Å². The van der Waals surface area contributed by atoms with E-state index in [4.69, 9.17) is 11.6 Å². The second-order valence-corrected chi connectivity index (χ2v) is 5.96. The third-order valence-electron chi connectivity index (χ3n) is 3.11. The Bertz CT molecular complexity index is 647. The first-order valence-electron chi connectivity index (χ1n) is 6.10. The molecular weight excluding hydrogens is 297 g/mol. The third kappa shape index (κ3) is 2.53. The number of rotatable bonds is 2. The third-order valence-corrected chi connectivity index (χ3v) is 4.55. The van der Waals surface area contributed by atoms with Gasteiger partial charge in [-0.05, 0) is 42.0 Å². The van der Waals surface area contributed by atoms with E-state index in [9.17, 15) is 9.18 Å². The average Bonchev–Trinajstić information content (AvgIpc) is 2.82. The molecule has 2 aromatic rings. The minimum Gasteiger partial charge on any atom is -0.295 e. The van der Waals surface area contributed by atoms with Gasteiger partial charge in [0.25, 0.3) is 0 Å². The summed E-state index contributed by atoms with van der Waals surface area (Å²) in [6, 6.07) is 13.4. The summed E-state index contributed by atoms with van der Waals surface area (Å²) in [7, 11) is 0. The van der Waals surface area contributed by atoms with E-state index in [2.05, 4.69) is 0 Å². The first-order chi connectivity index (χ1) is 9.65. The molecular formula is C15H11ClFNOS. The molecule has 0 aromatic heterocycles. The number of benzene rings is 2. The van der Waals surface area contributed by atoms with Crippen molar-refractivity contribution in [3.8, 4) is 0 Å². The van der Waals surface area contributed by atoms with Gasteiger partial charge >= 0.3 is 0 Å². The number of amides is 1. The molecule has 2 aromatic carbocycles. The molecule has 0 unspecified atom stereocenters. The van der Waals surface area contributed by atoms with Crippen molar-refractivity contribution >= 4 is 35.0 Å². The predicted molar refractivity (Wildman–Crippen MR) is 80.5 cm³/mol. The lowest BCUT2D eigenvalue weighted by Crippen LogP contribution is -2.27. The van der Waals surface area contributed by atoms with E-state index >= 15 is 0 Å². The molecule has 0 spiro atoms. The van der Waals surface area contributed by atoms with Crippen LogP contribution in [0.2, 0.25) is 5.02 Å². The van der Waals surface area contributed by atoms with Gasteiger partial charge in [-0.1, -0.05) is 23.7 Å². The van der Waals surface area contributed by atoms with Gasteiger partial charge < -0.3 is 0 Å². The molecule has 0 radical (unpaired) electrons. The molecule has 2 nitrogen and oxygen atoms in total. The molecule has 1 heterocycles. The fourth-order valence-electron chi connectivity index (χ4n) is 2.21. The summed E-state index contributed by atoms with van der Waals surface area (Å²) in [4.78, 5) is 13.8. The smallest absolute Gasteiger partial charge is 0.238 e. The lowest BCUT2D eigenvalue weighted by molar-refractivity contribution is -0.115. The summed E-state index contributed by atoms with van der Waals surface area (Å²) < 4.78 is 13.0. The molecule has 1 aliphatic rings. The highest BCUT2D eigenvalue weighted by Crippen LogP contribution is 2.42. The molecule has 0 saturated carbocycles. The van der Waals surface area contributed by atoms with Crippen LogP contribution in [0.15, 0.2) is 48.5 Å². The van der Waals surface area contributed by atoms with Crippen molar-refractivity contribution in [2.75, 3.05) is 10.7 Å². The monoisotopic (exact) mass is 307 g/mol. The van der Waals surface area contributed by atoms with E-state index in [1.807, 2.05) is 18.2 Å². The fraction of sp³-hybridized carbons (Fsp3) is 0.133. The van der Waals surface area contributed by atoms with Crippen molar-refractivity contribution in [1.82, 2.24) is 0 Å². The Hall–Kier alpha value is -1.52. The first-order valence-corrected chi connectivity index (χ1v) is 7.52. The number of carbonyl (C=O) groups is 1. The Labute approximate surface area is 125 Å². The topological polar surface area (TPSA) is 20.3 Å². The van der Waals surface area contributed by atoms with E-state index in [0.29, 0.717) is 16.5 Å². The summed E-state index contributed by atoms with van der Waals surface area (Å²) in [5.41, 5.74) is 1.67. The SMILES string of the molecule is O=C1CS[C@@H](c2cccc(Cl)c2)N1c1ccc(F)cc1. The lowest BCUT2D eigenvalue weighted by Gasteiger charge is -2.24. The molecule has 20 heavy (non-hydrogen) atoms. The van der Waals surface area contributed by atoms with Crippen LogP contribution in [0.5, 0.6) is 0 Å². The minimum absolute atomic E-state index is 0.0200. The van der Waals surface area contributed by atoms with Gasteiger partial charge in [-0.15, -0.1) is 11.8 Å². The zero-order chi connectivity index (χ0) is 14.1. The second-order valence-electron chi connectivity index (χ2n) is 4.46. The van der Waals surface area contributed by atoms with Crippen LogP contribution in [0, 0.1) is 5.82 Å². The molecule has 0 aliphatic carbocycles. The van der Waals surface area contributed by atoms with Crippen LogP contribution in [0.25, 0.3) is 0 Å². The minimum atomic E-state index is -0.313. The lowest BCUT2D eigenvalue weighted by atomic mass is 10.2. The van der Waals surface area contributed by atoms with E-state index in [-0.39, 0.29) is 17.1 Å². The van der Waals surface area contributed by atoms with Gasteiger partial charge in [-0.3, -0.25) is 9.69 Å². The summed E-state index contributed by atoms with van der Waals surface area (Å²) in [6.07, 6.45) is 0. The summed E-state index contributed by atoms with van der Waals surface area (Å²) in [6.45, 7) is 0. The van der Waals surface area contributed by atoms with Gasteiger partial charge in [0, 0.05) is 10.7 Å². The molecule has 0 bridgehead atoms. The Morgan fingerprint density at radius 3 is 2.65 bits per heavy atom. The Kier molecular flexibility index (Phi) is 3.68. The number of nitrogens with zero attached hydrogens (tertiary/aromatic N) is 1. The van der Waals surface area contributed by atoms with Crippen LogP contribution in [0.4, 0.5) is 10.1 Å². The van der Waals surface area contributed by atoms with Gasteiger partial charge in [-0.25, -0.2) is 4.39 Å². The Morgan fingerprint density at radius 1 is 1.20 bits per heavy atom. The van der Waals surface area contributed by atoms with Gasteiger partial charge in [0.15, 0.2) is 0 Å². The fourth-order valence-corrected chi connectivity index (χ4v) is 3.58. The van der Waals surface area contributed by atoms with Crippen LogP contribution < -0.4 is 4.90 Å². The van der Waals surface area contributed by atoms with Gasteiger partial charge in [0.2, 0.25) is 5.91 Å². The first kappa shape index (κ1) is 13.5. The number of halogens is 2. The Morgan fingerprint density at radius 2 is 1.95 bits per heavy atom. The van der Waals surface area contributed by atoms with Crippen molar-refractivity contribution in [2.45, 2.75) is 5.37 Å². The molecule has 1 saturated heterocycles. The summed E-state index contributed by atoms with van der Waals surface area (Å²) in [5, 5.41) is 0.521. The highest BCUT2D eigenvalue weighted by molar-refractivity contribution is 8.00. The quantitative estimate of drug-likeness (QED) is 0.826. The number of anilines is 1. The van der Waals surface area contributed by atoms with E-state index in [1.54, 1.807) is 34.9 Å². The van der Waals surface area contributed by atoms with Gasteiger partial charge in [0.1, 0.15) is 11.2 Å². The van der Waals surface area contributed by atoms with Crippen LogP contribution in [-0.2, 0) is 4.79 Å². The van der Waals surface area contributed by atoms with Crippen molar-refractivity contribution < 1.29 is 9.18 Å². The predicted octanol–water partition coefficient (Wildman–Crippen LogP) is 4.26. The molecule has 1 atom stereocenters.